The van der Waals surface area contributed by atoms with Crippen LogP contribution in [0.2, 0.25) is 0 Å². The number of carbonyl (C=O) groups is 1. The largest absolute Gasteiger partial charge is 0.494 e. The molecule has 0 heterocycles. The summed E-state index contributed by atoms with van der Waals surface area (Å²) in [5, 5.41) is 6.33. The molecule has 6 heteroatoms. The van der Waals surface area contributed by atoms with Gasteiger partial charge in [-0.1, -0.05) is 12.1 Å². The number of nitrogens with one attached hydrogen (secondary N) is 2. The van der Waals surface area contributed by atoms with Crippen molar-refractivity contribution >= 4 is 11.9 Å². The van der Waals surface area contributed by atoms with Crippen molar-refractivity contribution in [1.29, 1.82) is 0 Å². The topological polar surface area (TPSA) is 66.0 Å². The van der Waals surface area contributed by atoms with E-state index < -0.39 is 0 Å². The van der Waals surface area contributed by atoms with Crippen LogP contribution < -0.4 is 15.4 Å². The monoisotopic (exact) mass is 360 g/mol. The number of carbonyl (C=O) groups excluding carboxylic acids is 1. The summed E-state index contributed by atoms with van der Waals surface area (Å²) in [6, 6.07) is 8.58. The molecule has 0 radical (unpaired) electrons. The van der Waals surface area contributed by atoms with Crippen LogP contribution in [0.3, 0.4) is 0 Å². The van der Waals surface area contributed by atoms with Gasteiger partial charge in [-0.15, -0.1) is 0 Å². The Morgan fingerprint density at radius 1 is 1.27 bits per heavy atom. The third kappa shape index (κ3) is 7.33. The van der Waals surface area contributed by atoms with Crippen LogP contribution in [0.4, 0.5) is 0 Å². The van der Waals surface area contributed by atoms with Crippen molar-refractivity contribution in [3.8, 4) is 5.75 Å². The van der Waals surface area contributed by atoms with E-state index in [1.54, 1.807) is 0 Å². The molecule has 0 atom stereocenters. The van der Waals surface area contributed by atoms with E-state index in [2.05, 4.69) is 39.6 Å². The summed E-state index contributed by atoms with van der Waals surface area (Å²) in [6.45, 7) is 6.94. The van der Waals surface area contributed by atoms with Gasteiger partial charge in [0.2, 0.25) is 5.91 Å². The second-order valence-electron chi connectivity index (χ2n) is 6.61. The molecule has 1 aromatic rings. The maximum Gasteiger partial charge on any atom is 0.220 e. The summed E-state index contributed by atoms with van der Waals surface area (Å²) < 4.78 is 5.48. The maximum atomic E-state index is 11.7. The number of ether oxygens (including phenoxy) is 1. The summed E-state index contributed by atoms with van der Waals surface area (Å²) in [4.78, 5) is 18.5. The maximum absolute atomic E-state index is 11.7. The molecule has 0 aliphatic heterocycles. The quantitative estimate of drug-likeness (QED) is 0.382. The SMILES string of the molecule is CCNC(=NCCCC(=O)NC1CC1)N(C)Cc1ccc(OCC)cc1. The van der Waals surface area contributed by atoms with E-state index in [-0.39, 0.29) is 5.91 Å². The first-order chi connectivity index (χ1) is 12.6. The smallest absolute Gasteiger partial charge is 0.220 e. The van der Waals surface area contributed by atoms with Crippen molar-refractivity contribution in [2.75, 3.05) is 26.7 Å². The molecule has 1 aliphatic rings. The first-order valence-electron chi connectivity index (χ1n) is 9.63. The van der Waals surface area contributed by atoms with Crippen LogP contribution in [0.5, 0.6) is 5.75 Å². The molecule has 1 amide bonds. The predicted octanol–water partition coefficient (Wildman–Crippen LogP) is 2.54. The van der Waals surface area contributed by atoms with Crippen molar-refractivity contribution in [1.82, 2.24) is 15.5 Å². The average molecular weight is 361 g/mol. The standard InChI is InChI=1S/C20H32N4O2/c1-4-21-20(22-14-6-7-19(25)23-17-10-11-17)24(3)15-16-8-12-18(13-9-16)26-5-2/h8-9,12-13,17H,4-7,10-11,14-15H2,1-3H3,(H,21,22)(H,23,25). The Balaban J connectivity index is 1.80. The summed E-state index contributed by atoms with van der Waals surface area (Å²) in [6.07, 6.45) is 3.57. The van der Waals surface area contributed by atoms with Gasteiger partial charge in [0, 0.05) is 39.1 Å². The van der Waals surface area contributed by atoms with Gasteiger partial charge in [0.05, 0.1) is 6.61 Å². The molecule has 6 nitrogen and oxygen atoms in total. The second kappa shape index (κ2) is 10.7. The molecule has 2 rings (SSSR count). The number of hydrogen-bond donors (Lipinski definition) is 2. The van der Waals surface area contributed by atoms with Crippen molar-refractivity contribution in [2.24, 2.45) is 4.99 Å². The molecule has 0 saturated heterocycles. The average Bonchev–Trinajstić information content (AvgIpc) is 3.43. The lowest BCUT2D eigenvalue weighted by Crippen LogP contribution is -2.38. The molecular weight excluding hydrogens is 328 g/mol. The summed E-state index contributed by atoms with van der Waals surface area (Å²) in [7, 11) is 2.03. The van der Waals surface area contributed by atoms with Crippen LogP contribution in [0, 0.1) is 0 Å². The third-order valence-corrected chi connectivity index (χ3v) is 4.12. The molecule has 0 bridgehead atoms. The zero-order valence-corrected chi connectivity index (χ0v) is 16.3. The minimum Gasteiger partial charge on any atom is -0.494 e. The third-order valence-electron chi connectivity index (χ3n) is 4.12. The van der Waals surface area contributed by atoms with E-state index >= 15 is 0 Å². The molecule has 1 saturated carbocycles. The van der Waals surface area contributed by atoms with Crippen LogP contribution in [-0.2, 0) is 11.3 Å². The Morgan fingerprint density at radius 2 is 2.00 bits per heavy atom. The molecular formula is C20H32N4O2. The molecule has 1 aliphatic carbocycles. The molecule has 1 fully saturated rings. The molecule has 0 aromatic heterocycles. The molecule has 1 aromatic carbocycles. The highest BCUT2D eigenvalue weighted by atomic mass is 16.5. The molecule has 0 spiro atoms. The van der Waals surface area contributed by atoms with Gasteiger partial charge < -0.3 is 20.3 Å². The Bertz CT molecular complexity index is 582. The van der Waals surface area contributed by atoms with E-state index in [9.17, 15) is 4.79 Å². The van der Waals surface area contributed by atoms with Crippen molar-refractivity contribution in [3.63, 3.8) is 0 Å². The number of hydrogen-bond acceptors (Lipinski definition) is 3. The highest BCUT2D eigenvalue weighted by molar-refractivity contribution is 5.80. The van der Waals surface area contributed by atoms with E-state index in [1.807, 2.05) is 26.1 Å². The van der Waals surface area contributed by atoms with E-state index in [4.69, 9.17) is 4.74 Å². The van der Waals surface area contributed by atoms with Crippen molar-refractivity contribution in [2.45, 2.75) is 52.1 Å². The number of guanidine groups is 1. The summed E-state index contributed by atoms with van der Waals surface area (Å²) in [5.74, 6) is 1.91. The second-order valence-corrected chi connectivity index (χ2v) is 6.61. The Kier molecular flexibility index (Phi) is 8.25. The lowest BCUT2D eigenvalue weighted by Gasteiger charge is -2.22. The zero-order valence-electron chi connectivity index (χ0n) is 16.3. The lowest BCUT2D eigenvalue weighted by molar-refractivity contribution is -0.121. The van der Waals surface area contributed by atoms with Gasteiger partial charge >= 0.3 is 0 Å². The van der Waals surface area contributed by atoms with Gasteiger partial charge in [-0.2, -0.15) is 0 Å². The van der Waals surface area contributed by atoms with Gasteiger partial charge in [0.1, 0.15) is 5.75 Å². The molecule has 2 N–H and O–H groups in total. The van der Waals surface area contributed by atoms with Crippen molar-refractivity contribution in [3.05, 3.63) is 29.8 Å². The van der Waals surface area contributed by atoms with Crippen LogP contribution >= 0.6 is 0 Å². The first kappa shape index (κ1) is 20.1. The normalized spacial score (nSPS) is 14.0. The van der Waals surface area contributed by atoms with Crippen LogP contribution in [-0.4, -0.2) is 49.6 Å². The van der Waals surface area contributed by atoms with E-state index in [1.165, 1.54) is 5.56 Å². The Hall–Kier alpha value is -2.24. The first-order valence-corrected chi connectivity index (χ1v) is 9.63. The highest BCUT2D eigenvalue weighted by Gasteiger charge is 2.22. The minimum atomic E-state index is 0.149. The van der Waals surface area contributed by atoms with Gasteiger partial charge in [-0.05, 0) is 50.8 Å². The minimum absolute atomic E-state index is 0.149. The van der Waals surface area contributed by atoms with Gasteiger partial charge in [0.15, 0.2) is 5.96 Å². The fraction of sp³-hybridized carbons (Fsp3) is 0.600. The van der Waals surface area contributed by atoms with Gasteiger partial charge in [0.25, 0.3) is 0 Å². The Labute approximate surface area is 157 Å². The van der Waals surface area contributed by atoms with E-state index in [0.717, 1.165) is 44.1 Å². The van der Waals surface area contributed by atoms with Gasteiger partial charge in [-0.25, -0.2) is 0 Å². The summed E-state index contributed by atoms with van der Waals surface area (Å²) in [5.41, 5.74) is 1.20. The fourth-order valence-electron chi connectivity index (χ4n) is 2.63. The number of nitrogens with zero attached hydrogens (tertiary/aromatic N) is 2. The van der Waals surface area contributed by atoms with Gasteiger partial charge in [-0.3, -0.25) is 9.79 Å². The Morgan fingerprint density at radius 3 is 2.62 bits per heavy atom. The number of rotatable bonds is 10. The molecule has 144 valence electrons. The van der Waals surface area contributed by atoms with Crippen LogP contribution in [0.25, 0.3) is 0 Å². The number of benzene rings is 1. The zero-order chi connectivity index (χ0) is 18.8. The number of amides is 1. The molecule has 26 heavy (non-hydrogen) atoms. The van der Waals surface area contributed by atoms with Crippen molar-refractivity contribution < 1.29 is 9.53 Å². The van der Waals surface area contributed by atoms with E-state index in [0.29, 0.717) is 25.6 Å². The van der Waals surface area contributed by atoms with Crippen LogP contribution in [0.15, 0.2) is 29.3 Å². The predicted molar refractivity (Wildman–Crippen MR) is 105 cm³/mol. The fourth-order valence-corrected chi connectivity index (χ4v) is 2.63. The lowest BCUT2D eigenvalue weighted by atomic mass is 10.2. The number of aliphatic imine (C=N–C) groups is 1. The molecule has 0 unspecified atom stereocenters. The van der Waals surface area contributed by atoms with Crippen LogP contribution in [0.1, 0.15) is 45.1 Å². The highest BCUT2D eigenvalue weighted by Crippen LogP contribution is 2.18. The summed E-state index contributed by atoms with van der Waals surface area (Å²) >= 11 is 0.